The third-order valence-electron chi connectivity index (χ3n) is 4.21. The van der Waals surface area contributed by atoms with Crippen LogP contribution in [0.25, 0.3) is 0 Å². The van der Waals surface area contributed by atoms with Crippen LogP contribution in [0.1, 0.15) is 42.5 Å². The molecule has 2 N–H and O–H groups in total. The van der Waals surface area contributed by atoms with Gasteiger partial charge in [-0.1, -0.05) is 31.4 Å². The zero-order valence-electron chi connectivity index (χ0n) is 13.8. The molecule has 0 bridgehead atoms. The molecule has 1 amide bonds. The summed E-state index contributed by atoms with van der Waals surface area (Å²) in [4.78, 5) is 12.3. The Kier molecular flexibility index (Phi) is 5.25. The van der Waals surface area contributed by atoms with E-state index in [1.165, 1.54) is 39.2 Å². The molecular weight excluding hydrogens is 304 g/mol. The molecule has 6 heteroatoms. The highest BCUT2D eigenvalue weighted by atomic mass is 16.5. The van der Waals surface area contributed by atoms with E-state index in [1.807, 2.05) is 12.1 Å². The Hall–Kier alpha value is -2.63. The Balaban J connectivity index is 1.62. The summed E-state index contributed by atoms with van der Waals surface area (Å²) in [7, 11) is 1.54. The van der Waals surface area contributed by atoms with Crippen LogP contribution in [-0.4, -0.2) is 29.3 Å². The molecule has 0 atom stereocenters. The molecule has 6 nitrogen and oxygen atoms in total. The van der Waals surface area contributed by atoms with Crippen LogP contribution >= 0.6 is 0 Å². The number of ether oxygens (including phenoxy) is 1. The lowest BCUT2D eigenvalue weighted by molar-refractivity contribution is 0.102. The minimum atomic E-state index is -0.269. The number of para-hydroxylation sites is 1. The number of hydrogen-bond donors (Lipinski definition) is 2. The zero-order chi connectivity index (χ0) is 16.8. The minimum Gasteiger partial charge on any atom is -0.496 e. The summed E-state index contributed by atoms with van der Waals surface area (Å²) >= 11 is 0. The molecule has 1 aliphatic rings. The summed E-state index contributed by atoms with van der Waals surface area (Å²) < 4.78 is 5.20. The van der Waals surface area contributed by atoms with Gasteiger partial charge in [0.2, 0.25) is 0 Å². The van der Waals surface area contributed by atoms with Crippen LogP contribution in [0.4, 0.5) is 11.6 Å². The van der Waals surface area contributed by atoms with Gasteiger partial charge in [0.1, 0.15) is 11.6 Å². The van der Waals surface area contributed by atoms with Crippen molar-refractivity contribution in [2.45, 2.75) is 38.1 Å². The highest BCUT2D eigenvalue weighted by Gasteiger charge is 2.15. The van der Waals surface area contributed by atoms with Crippen LogP contribution in [-0.2, 0) is 0 Å². The molecule has 0 spiro atoms. The van der Waals surface area contributed by atoms with Gasteiger partial charge in [-0.15, -0.1) is 10.2 Å². The number of amides is 1. The molecule has 24 heavy (non-hydrogen) atoms. The number of rotatable bonds is 5. The van der Waals surface area contributed by atoms with Crippen molar-refractivity contribution in [3.05, 3.63) is 42.0 Å². The molecular formula is C18H22N4O2. The van der Waals surface area contributed by atoms with Crippen molar-refractivity contribution in [3.63, 3.8) is 0 Å². The first kappa shape index (κ1) is 16.2. The fourth-order valence-electron chi connectivity index (χ4n) is 2.95. The van der Waals surface area contributed by atoms with E-state index in [-0.39, 0.29) is 5.91 Å². The second-order valence-corrected chi connectivity index (χ2v) is 5.94. The van der Waals surface area contributed by atoms with E-state index in [1.54, 1.807) is 24.3 Å². The number of anilines is 2. The third-order valence-corrected chi connectivity index (χ3v) is 4.21. The van der Waals surface area contributed by atoms with Crippen molar-refractivity contribution in [2.24, 2.45) is 0 Å². The largest absolute Gasteiger partial charge is 0.496 e. The van der Waals surface area contributed by atoms with Crippen molar-refractivity contribution < 1.29 is 9.53 Å². The Labute approximate surface area is 141 Å². The molecule has 0 aliphatic heterocycles. The lowest BCUT2D eigenvalue weighted by Gasteiger charge is -2.22. The van der Waals surface area contributed by atoms with Gasteiger partial charge in [0.25, 0.3) is 5.91 Å². The first-order valence-corrected chi connectivity index (χ1v) is 8.31. The van der Waals surface area contributed by atoms with Gasteiger partial charge in [0, 0.05) is 6.04 Å². The molecule has 2 aromatic rings. The average molecular weight is 326 g/mol. The number of nitrogens with zero attached hydrogens (tertiary/aromatic N) is 2. The minimum absolute atomic E-state index is 0.269. The molecule has 1 heterocycles. The smallest absolute Gasteiger partial charge is 0.260 e. The highest BCUT2D eigenvalue weighted by Crippen LogP contribution is 2.21. The SMILES string of the molecule is COc1ccccc1C(=O)Nc1ccc(NC2CCCCC2)nn1. The first-order chi connectivity index (χ1) is 11.8. The van der Waals surface area contributed by atoms with E-state index in [2.05, 4.69) is 20.8 Å². The summed E-state index contributed by atoms with van der Waals surface area (Å²) in [5, 5.41) is 14.4. The molecule has 0 saturated heterocycles. The Morgan fingerprint density at radius 2 is 1.75 bits per heavy atom. The van der Waals surface area contributed by atoms with Gasteiger partial charge in [0.05, 0.1) is 12.7 Å². The van der Waals surface area contributed by atoms with E-state index in [4.69, 9.17) is 4.74 Å². The van der Waals surface area contributed by atoms with Crippen LogP contribution in [0.5, 0.6) is 5.75 Å². The summed E-state index contributed by atoms with van der Waals surface area (Å²) in [5.74, 6) is 1.42. The monoisotopic (exact) mass is 326 g/mol. The normalized spacial score (nSPS) is 14.9. The van der Waals surface area contributed by atoms with Gasteiger partial charge < -0.3 is 15.4 Å². The van der Waals surface area contributed by atoms with Crippen molar-refractivity contribution in [1.82, 2.24) is 10.2 Å². The molecule has 0 radical (unpaired) electrons. The Bertz CT molecular complexity index is 682. The number of nitrogens with one attached hydrogen (secondary N) is 2. The maximum absolute atomic E-state index is 12.3. The number of aromatic nitrogens is 2. The second kappa shape index (κ2) is 7.77. The maximum atomic E-state index is 12.3. The van der Waals surface area contributed by atoms with Crippen molar-refractivity contribution in [3.8, 4) is 5.75 Å². The van der Waals surface area contributed by atoms with Crippen LogP contribution in [0, 0.1) is 0 Å². The van der Waals surface area contributed by atoms with Gasteiger partial charge in [-0.25, -0.2) is 0 Å². The number of methoxy groups -OCH3 is 1. The second-order valence-electron chi connectivity index (χ2n) is 5.94. The van der Waals surface area contributed by atoms with Gasteiger partial charge in [0.15, 0.2) is 5.82 Å². The van der Waals surface area contributed by atoms with Gasteiger partial charge in [-0.3, -0.25) is 4.79 Å². The summed E-state index contributed by atoms with van der Waals surface area (Å²) in [6, 6.07) is 11.1. The van der Waals surface area contributed by atoms with Crippen molar-refractivity contribution in [1.29, 1.82) is 0 Å². The lowest BCUT2D eigenvalue weighted by atomic mass is 9.95. The fraction of sp³-hybridized carbons (Fsp3) is 0.389. The van der Waals surface area contributed by atoms with Crippen LogP contribution in [0.2, 0.25) is 0 Å². The number of carbonyl (C=O) groups excluding carboxylic acids is 1. The van der Waals surface area contributed by atoms with Crippen LogP contribution in [0.3, 0.4) is 0 Å². The van der Waals surface area contributed by atoms with E-state index in [0.29, 0.717) is 23.2 Å². The first-order valence-electron chi connectivity index (χ1n) is 8.31. The summed E-state index contributed by atoms with van der Waals surface area (Å²) in [6.45, 7) is 0. The van der Waals surface area contributed by atoms with E-state index >= 15 is 0 Å². The number of hydrogen-bond acceptors (Lipinski definition) is 5. The molecule has 1 aromatic heterocycles. The molecule has 126 valence electrons. The third kappa shape index (κ3) is 4.01. The van der Waals surface area contributed by atoms with Crippen LogP contribution < -0.4 is 15.4 Å². The van der Waals surface area contributed by atoms with E-state index in [0.717, 1.165) is 5.82 Å². The molecule has 1 aromatic carbocycles. The molecule has 0 unspecified atom stereocenters. The molecule has 1 saturated carbocycles. The zero-order valence-corrected chi connectivity index (χ0v) is 13.8. The average Bonchev–Trinajstić information content (AvgIpc) is 2.64. The number of benzene rings is 1. The molecule has 3 rings (SSSR count). The van der Waals surface area contributed by atoms with Crippen LogP contribution in [0.15, 0.2) is 36.4 Å². The topological polar surface area (TPSA) is 76.1 Å². The van der Waals surface area contributed by atoms with Gasteiger partial charge in [-0.05, 0) is 37.1 Å². The quantitative estimate of drug-likeness (QED) is 0.879. The number of carbonyl (C=O) groups is 1. The predicted octanol–water partition coefficient (Wildman–Crippen LogP) is 3.48. The Morgan fingerprint density at radius 1 is 1.04 bits per heavy atom. The fourth-order valence-corrected chi connectivity index (χ4v) is 2.95. The Morgan fingerprint density at radius 3 is 2.46 bits per heavy atom. The van der Waals surface area contributed by atoms with E-state index < -0.39 is 0 Å². The molecule has 1 fully saturated rings. The standard InChI is InChI=1S/C18H22N4O2/c1-24-15-10-6-5-9-14(15)18(23)20-17-12-11-16(21-22-17)19-13-7-3-2-4-8-13/h5-6,9-13H,2-4,7-8H2,1H3,(H,19,21)(H,20,22,23). The van der Waals surface area contributed by atoms with Crippen molar-refractivity contribution in [2.75, 3.05) is 17.7 Å². The summed E-state index contributed by atoms with van der Waals surface area (Å²) in [6.07, 6.45) is 6.19. The predicted molar refractivity (Wildman–Crippen MR) is 93.5 cm³/mol. The maximum Gasteiger partial charge on any atom is 0.260 e. The van der Waals surface area contributed by atoms with Gasteiger partial charge >= 0.3 is 0 Å². The lowest BCUT2D eigenvalue weighted by Crippen LogP contribution is -2.23. The van der Waals surface area contributed by atoms with Gasteiger partial charge in [-0.2, -0.15) is 0 Å². The summed E-state index contributed by atoms with van der Waals surface area (Å²) in [5.41, 5.74) is 0.464. The van der Waals surface area contributed by atoms with Crippen molar-refractivity contribution >= 4 is 17.5 Å². The molecule has 1 aliphatic carbocycles. The van der Waals surface area contributed by atoms with E-state index in [9.17, 15) is 4.79 Å². The highest BCUT2D eigenvalue weighted by molar-refractivity contribution is 6.05.